The molecule has 0 aromatic rings. The molecule has 5 rings (SSSR count). The van der Waals surface area contributed by atoms with Gasteiger partial charge in [-0.15, -0.1) is 0 Å². The Morgan fingerprint density at radius 3 is 2.63 bits per heavy atom. The molecular weight excluding hydrogens is 260 g/mol. The van der Waals surface area contributed by atoms with Crippen molar-refractivity contribution in [2.24, 2.45) is 47.3 Å². The maximum atomic E-state index is 12.0. The van der Waals surface area contributed by atoms with E-state index < -0.39 is 0 Å². The summed E-state index contributed by atoms with van der Waals surface area (Å²) < 4.78 is 11.1. The predicted molar refractivity (Wildman–Crippen MR) is 71.7 cm³/mol. The first kappa shape index (κ1) is 11.4. The molecule has 0 radical (unpaired) electrons. The molecule has 0 spiro atoms. The normalized spacial score (nSPS) is 64.4. The average Bonchev–Trinajstić information content (AvgIpc) is 3.11. The molecule has 0 aromatic heterocycles. The topological polar surface area (TPSA) is 35.5 Å². The zero-order valence-corrected chi connectivity index (χ0v) is 12.0. The highest BCUT2D eigenvalue weighted by Gasteiger charge is 2.72. The van der Waals surface area contributed by atoms with E-state index in [1.54, 1.807) is 0 Å². The number of fused-ring (bicyclic) bond motifs is 12. The first-order valence-electron chi connectivity index (χ1n) is 7.60. The molecule has 4 aliphatic carbocycles. The smallest absolute Gasteiger partial charge is 0.309 e. The summed E-state index contributed by atoms with van der Waals surface area (Å²) in [7, 11) is 1.84. The Morgan fingerprint density at radius 2 is 1.84 bits per heavy atom. The molecule has 9 unspecified atom stereocenters. The van der Waals surface area contributed by atoms with Crippen LogP contribution in [0.15, 0.2) is 0 Å². The van der Waals surface area contributed by atoms with Crippen LogP contribution in [0.25, 0.3) is 0 Å². The monoisotopic (exact) mass is 280 g/mol. The average molecular weight is 280 g/mol. The third-order valence-corrected chi connectivity index (χ3v) is 7.82. The minimum atomic E-state index is 0.0951. The number of ether oxygens (including phenoxy) is 2. The molecule has 10 atom stereocenters. The molecule has 0 aromatic carbocycles. The van der Waals surface area contributed by atoms with Crippen molar-refractivity contribution < 1.29 is 14.3 Å². The van der Waals surface area contributed by atoms with Gasteiger partial charge in [-0.2, -0.15) is 12.6 Å². The maximum absolute atomic E-state index is 12.0. The lowest BCUT2D eigenvalue weighted by atomic mass is 9.63. The van der Waals surface area contributed by atoms with E-state index >= 15 is 0 Å². The van der Waals surface area contributed by atoms with Gasteiger partial charge in [0, 0.05) is 18.3 Å². The predicted octanol–water partition coefficient (Wildman–Crippen LogP) is 1.62. The van der Waals surface area contributed by atoms with Crippen molar-refractivity contribution in [1.82, 2.24) is 0 Å². The highest BCUT2D eigenvalue weighted by Crippen LogP contribution is 2.72. The Bertz CT molecular complexity index is 453. The molecule has 4 saturated carbocycles. The second kappa shape index (κ2) is 3.51. The van der Waals surface area contributed by atoms with E-state index in [-0.39, 0.29) is 11.9 Å². The van der Waals surface area contributed by atoms with Crippen LogP contribution in [0, 0.1) is 47.3 Å². The van der Waals surface area contributed by atoms with Gasteiger partial charge in [0.2, 0.25) is 0 Å². The number of carbonyl (C=O) groups is 1. The standard InChI is InChI=1S/C15H20O3S/c1-17-13-7-3-8(14(13)19)11-6-2-5(10(7)11)9-4-18-15(16)12(6)9/h5-14,19H,2-4H2,1H3/t5?,6?,7-,8?,9?,10?,11?,12?,13?,14?/m1/s1. The van der Waals surface area contributed by atoms with Crippen molar-refractivity contribution in [3.63, 3.8) is 0 Å². The Kier molecular flexibility index (Phi) is 2.11. The minimum Gasteiger partial charge on any atom is -0.465 e. The third kappa shape index (κ3) is 1.12. The summed E-state index contributed by atoms with van der Waals surface area (Å²) in [6.07, 6.45) is 2.89. The maximum Gasteiger partial charge on any atom is 0.309 e. The molecule has 1 aliphatic heterocycles. The van der Waals surface area contributed by atoms with Gasteiger partial charge < -0.3 is 9.47 Å². The summed E-state index contributed by atoms with van der Waals surface area (Å²) in [6, 6.07) is 0. The lowest BCUT2D eigenvalue weighted by molar-refractivity contribution is -0.143. The van der Waals surface area contributed by atoms with Crippen LogP contribution in [0.2, 0.25) is 0 Å². The molecule has 0 N–H and O–H groups in total. The number of thiol groups is 1. The van der Waals surface area contributed by atoms with Gasteiger partial charge in [0.05, 0.1) is 18.6 Å². The van der Waals surface area contributed by atoms with Gasteiger partial charge in [0.15, 0.2) is 0 Å². The van der Waals surface area contributed by atoms with Crippen molar-refractivity contribution in [2.75, 3.05) is 13.7 Å². The highest BCUT2D eigenvalue weighted by molar-refractivity contribution is 7.81. The number of rotatable bonds is 1. The van der Waals surface area contributed by atoms with E-state index in [2.05, 4.69) is 0 Å². The van der Waals surface area contributed by atoms with Gasteiger partial charge in [0.25, 0.3) is 0 Å². The van der Waals surface area contributed by atoms with Crippen LogP contribution in [0.4, 0.5) is 0 Å². The quantitative estimate of drug-likeness (QED) is 0.450. The largest absolute Gasteiger partial charge is 0.465 e. The summed E-state index contributed by atoms with van der Waals surface area (Å²) in [5.41, 5.74) is 0. The van der Waals surface area contributed by atoms with Crippen LogP contribution < -0.4 is 0 Å². The SMILES string of the molecule is COC1C(S)C2C[C@@H]1C1C3CC(C4C(=O)OCC34)C21. The van der Waals surface area contributed by atoms with Gasteiger partial charge in [-0.25, -0.2) is 0 Å². The van der Waals surface area contributed by atoms with Crippen LogP contribution in [0.5, 0.6) is 0 Å². The van der Waals surface area contributed by atoms with Gasteiger partial charge in [0.1, 0.15) is 0 Å². The zero-order chi connectivity index (χ0) is 12.9. The van der Waals surface area contributed by atoms with Gasteiger partial charge in [-0.1, -0.05) is 0 Å². The number of carbonyl (C=O) groups excluding carboxylic acids is 1. The first-order chi connectivity index (χ1) is 9.22. The highest BCUT2D eigenvalue weighted by atomic mass is 32.1. The van der Waals surface area contributed by atoms with Gasteiger partial charge in [-0.3, -0.25) is 4.79 Å². The minimum absolute atomic E-state index is 0.0951. The van der Waals surface area contributed by atoms with E-state index in [1.807, 2.05) is 7.11 Å². The molecule has 0 amide bonds. The summed E-state index contributed by atoms with van der Waals surface area (Å²) >= 11 is 4.83. The molecule has 4 heteroatoms. The third-order valence-electron chi connectivity index (χ3n) is 7.14. The van der Waals surface area contributed by atoms with E-state index in [0.29, 0.717) is 41.6 Å². The van der Waals surface area contributed by atoms with Crippen LogP contribution in [0.3, 0.4) is 0 Å². The number of esters is 1. The molecule has 5 fully saturated rings. The fourth-order valence-corrected chi connectivity index (χ4v) is 7.51. The second-order valence-electron chi connectivity index (χ2n) is 7.29. The lowest BCUT2D eigenvalue weighted by Crippen LogP contribution is -2.47. The Labute approximate surface area is 118 Å². The molecule has 3 nitrogen and oxygen atoms in total. The van der Waals surface area contributed by atoms with E-state index in [0.717, 1.165) is 17.8 Å². The second-order valence-corrected chi connectivity index (χ2v) is 7.89. The molecule has 19 heavy (non-hydrogen) atoms. The van der Waals surface area contributed by atoms with Crippen LogP contribution >= 0.6 is 12.6 Å². The Balaban J connectivity index is 1.54. The molecular formula is C15H20O3S. The summed E-state index contributed by atoms with van der Waals surface area (Å²) in [6.45, 7) is 0.688. The van der Waals surface area contributed by atoms with E-state index in [1.165, 1.54) is 12.8 Å². The number of hydrogen-bond donors (Lipinski definition) is 1. The van der Waals surface area contributed by atoms with Crippen LogP contribution in [-0.4, -0.2) is 31.0 Å². The van der Waals surface area contributed by atoms with Crippen molar-refractivity contribution in [2.45, 2.75) is 24.2 Å². The van der Waals surface area contributed by atoms with Crippen molar-refractivity contribution in [3.8, 4) is 0 Å². The number of methoxy groups -OCH3 is 1. The fourth-order valence-electron chi connectivity index (χ4n) is 6.85. The first-order valence-corrected chi connectivity index (χ1v) is 8.11. The summed E-state index contributed by atoms with van der Waals surface area (Å²) in [5.74, 6) is 5.05. The molecule has 4 bridgehead atoms. The molecule has 1 saturated heterocycles. The summed E-state index contributed by atoms with van der Waals surface area (Å²) in [5, 5.41) is 0.381. The number of hydrogen-bond acceptors (Lipinski definition) is 4. The van der Waals surface area contributed by atoms with Crippen LogP contribution in [-0.2, 0) is 14.3 Å². The van der Waals surface area contributed by atoms with E-state index in [9.17, 15) is 4.79 Å². The summed E-state index contributed by atoms with van der Waals surface area (Å²) in [4.78, 5) is 12.0. The van der Waals surface area contributed by atoms with E-state index in [4.69, 9.17) is 22.1 Å². The Morgan fingerprint density at radius 1 is 1.11 bits per heavy atom. The van der Waals surface area contributed by atoms with Crippen molar-refractivity contribution in [1.29, 1.82) is 0 Å². The lowest BCUT2D eigenvalue weighted by Gasteiger charge is -2.43. The van der Waals surface area contributed by atoms with Gasteiger partial charge >= 0.3 is 5.97 Å². The van der Waals surface area contributed by atoms with Crippen LogP contribution in [0.1, 0.15) is 12.8 Å². The zero-order valence-electron chi connectivity index (χ0n) is 11.1. The molecule has 5 aliphatic rings. The van der Waals surface area contributed by atoms with Gasteiger partial charge in [-0.05, 0) is 48.3 Å². The molecule has 104 valence electrons. The fraction of sp³-hybridized carbons (Fsp3) is 0.933. The Hall–Kier alpha value is -0.220. The molecule has 1 heterocycles. The number of cyclic esters (lactones) is 1. The van der Waals surface area contributed by atoms with Crippen molar-refractivity contribution in [3.05, 3.63) is 0 Å². The van der Waals surface area contributed by atoms with Crippen molar-refractivity contribution >= 4 is 18.6 Å².